The first-order valence-electron chi connectivity index (χ1n) is 5.33. The summed E-state index contributed by atoms with van der Waals surface area (Å²) in [6.07, 6.45) is 1.31. The van der Waals surface area contributed by atoms with Gasteiger partial charge in [-0.05, 0) is 28.1 Å². The number of imidazole rings is 1. The fourth-order valence-electron chi connectivity index (χ4n) is 1.56. The fraction of sp³-hybridized carbons (Fsp3) is 0. The molecule has 3 rings (SSSR count). The third kappa shape index (κ3) is 2.34. The summed E-state index contributed by atoms with van der Waals surface area (Å²) in [7, 11) is 0. The van der Waals surface area contributed by atoms with Crippen LogP contribution in [-0.4, -0.2) is 19.9 Å². The van der Waals surface area contributed by atoms with Crippen LogP contribution in [0.2, 0.25) is 0 Å². The van der Waals surface area contributed by atoms with E-state index < -0.39 is 11.6 Å². The quantitative estimate of drug-likeness (QED) is 0.688. The minimum atomic E-state index is -0.925. The molecule has 0 bridgehead atoms. The second kappa shape index (κ2) is 4.98. The van der Waals surface area contributed by atoms with Crippen LogP contribution >= 0.6 is 27.7 Å². The first kappa shape index (κ1) is 13.3. The van der Waals surface area contributed by atoms with Crippen molar-refractivity contribution in [2.75, 3.05) is 5.73 Å². The molecule has 1 aromatic carbocycles. The summed E-state index contributed by atoms with van der Waals surface area (Å²) in [5.41, 5.74) is 6.61. The third-order valence-corrected chi connectivity index (χ3v) is 4.34. The Labute approximate surface area is 124 Å². The minimum Gasteiger partial charge on any atom is -0.382 e. The zero-order valence-corrected chi connectivity index (χ0v) is 12.1. The van der Waals surface area contributed by atoms with E-state index >= 15 is 0 Å². The number of aromatic nitrogens is 4. The lowest BCUT2D eigenvalue weighted by Crippen LogP contribution is -1.91. The average molecular weight is 358 g/mol. The highest BCUT2D eigenvalue weighted by molar-refractivity contribution is 9.10. The standard InChI is InChI=1S/C11H6BrF2N5S/c12-4-1-5(13)6(14)2-7(4)20-11-18-8-9(15)16-3-17-10(8)19-11/h1-3H,(H3,15,16,17,18,19). The molecule has 20 heavy (non-hydrogen) atoms. The van der Waals surface area contributed by atoms with Crippen molar-refractivity contribution in [3.05, 3.63) is 34.6 Å². The minimum absolute atomic E-state index is 0.277. The van der Waals surface area contributed by atoms with E-state index in [-0.39, 0.29) is 5.82 Å². The summed E-state index contributed by atoms with van der Waals surface area (Å²) in [6.45, 7) is 0. The van der Waals surface area contributed by atoms with Gasteiger partial charge in [-0.3, -0.25) is 0 Å². The molecule has 2 heterocycles. The van der Waals surface area contributed by atoms with Gasteiger partial charge in [0, 0.05) is 9.37 Å². The maximum atomic E-state index is 13.2. The van der Waals surface area contributed by atoms with Crippen molar-refractivity contribution in [2.45, 2.75) is 10.1 Å². The van der Waals surface area contributed by atoms with E-state index in [9.17, 15) is 8.78 Å². The Morgan fingerprint density at radius 3 is 2.70 bits per heavy atom. The number of hydrogen-bond acceptors (Lipinski definition) is 5. The fourth-order valence-corrected chi connectivity index (χ4v) is 2.93. The molecule has 0 radical (unpaired) electrons. The predicted molar refractivity (Wildman–Crippen MR) is 74.3 cm³/mol. The first-order chi connectivity index (χ1) is 9.54. The smallest absolute Gasteiger partial charge is 0.183 e. The van der Waals surface area contributed by atoms with E-state index in [0.29, 0.717) is 25.7 Å². The molecule has 0 amide bonds. The number of aromatic amines is 1. The van der Waals surface area contributed by atoms with Gasteiger partial charge in [-0.15, -0.1) is 0 Å². The van der Waals surface area contributed by atoms with E-state index in [1.54, 1.807) is 0 Å². The van der Waals surface area contributed by atoms with Crippen molar-refractivity contribution < 1.29 is 8.78 Å². The Bertz CT molecular complexity index is 807. The van der Waals surface area contributed by atoms with E-state index in [0.717, 1.165) is 23.9 Å². The number of H-pyrrole nitrogens is 1. The zero-order chi connectivity index (χ0) is 14.3. The topological polar surface area (TPSA) is 80.5 Å². The van der Waals surface area contributed by atoms with Gasteiger partial charge in [0.2, 0.25) is 0 Å². The highest BCUT2D eigenvalue weighted by Crippen LogP contribution is 2.34. The van der Waals surface area contributed by atoms with Gasteiger partial charge in [0.05, 0.1) is 0 Å². The van der Waals surface area contributed by atoms with Crippen LogP contribution in [0.4, 0.5) is 14.6 Å². The van der Waals surface area contributed by atoms with Crippen molar-refractivity contribution in [2.24, 2.45) is 0 Å². The predicted octanol–water partition coefficient (Wildman–Crippen LogP) is 3.13. The van der Waals surface area contributed by atoms with Crippen LogP contribution < -0.4 is 5.73 Å². The molecule has 0 spiro atoms. The normalized spacial score (nSPS) is 11.2. The highest BCUT2D eigenvalue weighted by Gasteiger charge is 2.13. The SMILES string of the molecule is Nc1ncnc2nc(Sc3cc(F)c(F)cc3Br)[nH]c12. The van der Waals surface area contributed by atoms with Gasteiger partial charge in [-0.25, -0.2) is 23.7 Å². The van der Waals surface area contributed by atoms with Gasteiger partial charge in [-0.1, -0.05) is 11.8 Å². The number of halogens is 3. The van der Waals surface area contributed by atoms with Gasteiger partial charge in [0.25, 0.3) is 0 Å². The lowest BCUT2D eigenvalue weighted by Gasteiger charge is -2.02. The molecule has 0 saturated heterocycles. The maximum Gasteiger partial charge on any atom is 0.183 e. The Kier molecular flexibility index (Phi) is 3.30. The lowest BCUT2D eigenvalue weighted by atomic mass is 10.3. The van der Waals surface area contributed by atoms with Crippen molar-refractivity contribution in [3.8, 4) is 0 Å². The van der Waals surface area contributed by atoms with Crippen molar-refractivity contribution >= 4 is 44.7 Å². The van der Waals surface area contributed by atoms with Crippen molar-refractivity contribution in [1.29, 1.82) is 0 Å². The summed E-state index contributed by atoms with van der Waals surface area (Å²) >= 11 is 4.30. The van der Waals surface area contributed by atoms with Gasteiger partial charge in [0.15, 0.2) is 28.3 Å². The van der Waals surface area contributed by atoms with Crippen LogP contribution in [0.1, 0.15) is 0 Å². The van der Waals surface area contributed by atoms with Gasteiger partial charge in [-0.2, -0.15) is 0 Å². The number of nitrogens with one attached hydrogen (secondary N) is 1. The third-order valence-electron chi connectivity index (χ3n) is 2.48. The molecular formula is C11H6BrF2N5S. The van der Waals surface area contributed by atoms with E-state index in [1.807, 2.05) is 0 Å². The molecule has 0 saturated carbocycles. The molecule has 102 valence electrons. The summed E-state index contributed by atoms with van der Waals surface area (Å²) < 4.78 is 26.7. The summed E-state index contributed by atoms with van der Waals surface area (Å²) in [6, 6.07) is 2.15. The number of rotatable bonds is 2. The number of hydrogen-bond donors (Lipinski definition) is 2. The second-order valence-electron chi connectivity index (χ2n) is 3.80. The highest BCUT2D eigenvalue weighted by atomic mass is 79.9. The molecular weight excluding hydrogens is 352 g/mol. The molecule has 0 aliphatic heterocycles. The Morgan fingerprint density at radius 1 is 1.20 bits per heavy atom. The van der Waals surface area contributed by atoms with Crippen LogP contribution in [0.3, 0.4) is 0 Å². The molecule has 0 fully saturated rings. The first-order valence-corrected chi connectivity index (χ1v) is 6.94. The number of nitrogen functional groups attached to an aromatic ring is 1. The molecule has 9 heteroatoms. The molecule has 0 aliphatic carbocycles. The summed E-state index contributed by atoms with van der Waals surface area (Å²) in [4.78, 5) is 15.4. The van der Waals surface area contributed by atoms with Crippen LogP contribution in [0.15, 0.2) is 33.0 Å². The van der Waals surface area contributed by atoms with Crippen LogP contribution in [0.5, 0.6) is 0 Å². The molecule has 2 aromatic heterocycles. The maximum absolute atomic E-state index is 13.2. The van der Waals surface area contributed by atoms with Crippen molar-refractivity contribution in [3.63, 3.8) is 0 Å². The van der Waals surface area contributed by atoms with E-state index in [2.05, 4.69) is 35.9 Å². The Balaban J connectivity index is 2.01. The largest absolute Gasteiger partial charge is 0.382 e. The molecule has 0 aliphatic rings. The van der Waals surface area contributed by atoms with Crippen LogP contribution in [0.25, 0.3) is 11.2 Å². The summed E-state index contributed by atoms with van der Waals surface area (Å²) in [5, 5.41) is 0.457. The number of fused-ring (bicyclic) bond motifs is 1. The molecule has 0 unspecified atom stereocenters. The molecule has 3 N–H and O–H groups in total. The number of anilines is 1. The lowest BCUT2D eigenvalue weighted by molar-refractivity contribution is 0.505. The van der Waals surface area contributed by atoms with E-state index in [1.165, 1.54) is 6.33 Å². The Morgan fingerprint density at radius 2 is 1.95 bits per heavy atom. The monoisotopic (exact) mass is 357 g/mol. The van der Waals surface area contributed by atoms with Crippen LogP contribution in [0, 0.1) is 11.6 Å². The van der Waals surface area contributed by atoms with E-state index in [4.69, 9.17) is 5.73 Å². The average Bonchev–Trinajstić information content (AvgIpc) is 2.80. The Hall–Kier alpha value is -1.74. The van der Waals surface area contributed by atoms with Gasteiger partial charge in [0.1, 0.15) is 11.8 Å². The number of nitrogens with two attached hydrogens (primary N) is 1. The molecule has 5 nitrogen and oxygen atoms in total. The van der Waals surface area contributed by atoms with Gasteiger partial charge < -0.3 is 10.7 Å². The molecule has 3 aromatic rings. The number of nitrogens with zero attached hydrogens (tertiary/aromatic N) is 3. The van der Waals surface area contributed by atoms with Gasteiger partial charge >= 0.3 is 0 Å². The second-order valence-corrected chi connectivity index (χ2v) is 5.68. The number of benzene rings is 1. The molecule has 0 atom stereocenters. The zero-order valence-electron chi connectivity index (χ0n) is 9.69. The summed E-state index contributed by atoms with van der Waals surface area (Å²) in [5.74, 6) is -1.56. The van der Waals surface area contributed by atoms with Crippen molar-refractivity contribution in [1.82, 2.24) is 19.9 Å². The van der Waals surface area contributed by atoms with Crippen LogP contribution in [-0.2, 0) is 0 Å².